The van der Waals surface area contributed by atoms with Crippen LogP contribution in [0.25, 0.3) is 11.0 Å². The van der Waals surface area contributed by atoms with Crippen molar-refractivity contribution in [2.45, 2.75) is 5.92 Å². The lowest BCUT2D eigenvalue weighted by Gasteiger charge is -2.31. The first-order chi connectivity index (χ1) is 12.1. The maximum absolute atomic E-state index is 12.5. The highest BCUT2D eigenvalue weighted by atomic mass is 16.6. The van der Waals surface area contributed by atoms with Crippen LogP contribution in [-0.4, -0.2) is 34.1 Å². The van der Waals surface area contributed by atoms with E-state index in [1.165, 1.54) is 4.74 Å². The third kappa shape index (κ3) is 1.92. The zero-order valence-corrected chi connectivity index (χ0v) is 13.1. The Kier molecular flexibility index (Phi) is 2.78. The molecule has 5 rings (SSSR count). The fraction of sp³-hybridized carbons (Fsp3) is 0.250. The van der Waals surface area contributed by atoms with Gasteiger partial charge in [0.05, 0.1) is 23.8 Å². The summed E-state index contributed by atoms with van der Waals surface area (Å²) in [5.74, 6) is -0.197. The van der Waals surface area contributed by atoms with E-state index < -0.39 is 11.5 Å². The van der Waals surface area contributed by atoms with Gasteiger partial charge in [0.25, 0.3) is 0 Å². The molecule has 1 unspecified atom stereocenters. The Balaban J connectivity index is 1.80. The van der Waals surface area contributed by atoms with E-state index in [0.717, 1.165) is 5.56 Å². The van der Waals surface area contributed by atoms with E-state index >= 15 is 0 Å². The van der Waals surface area contributed by atoms with Crippen LogP contribution in [0.15, 0.2) is 43.4 Å². The Morgan fingerprint density at radius 3 is 2.92 bits per heavy atom. The summed E-state index contributed by atoms with van der Waals surface area (Å²) in [7, 11) is 1.63. The average Bonchev–Trinajstić information content (AvgIpc) is 3.18. The summed E-state index contributed by atoms with van der Waals surface area (Å²) in [5, 5.41) is 10.7. The molecule has 2 aromatic heterocycles. The maximum atomic E-state index is 12.5. The Hall–Kier alpha value is -3.20. The first-order valence-corrected chi connectivity index (χ1v) is 7.67. The molecule has 3 aromatic rings. The summed E-state index contributed by atoms with van der Waals surface area (Å²) in [6.45, 7) is 0.252. The molecule has 0 saturated carbocycles. The molecule has 0 amide bonds. The minimum absolute atomic E-state index is 0.0156. The number of aromatic nitrogens is 3. The van der Waals surface area contributed by atoms with Gasteiger partial charge in [-0.15, -0.1) is 0 Å². The SMILES string of the molecule is Cn1oc(=O)c2c1NC1=C(C(=O)COC1)C2c1ccc2nonc2c1. The highest BCUT2D eigenvalue weighted by molar-refractivity contribution is 6.01. The number of aryl methyl sites for hydroxylation is 1. The normalized spacial score (nSPS) is 19.7. The molecule has 0 aliphatic carbocycles. The van der Waals surface area contributed by atoms with Crippen molar-refractivity contribution in [2.24, 2.45) is 7.05 Å². The number of carbonyl (C=O) groups excluding carboxylic acids is 1. The number of benzene rings is 1. The van der Waals surface area contributed by atoms with Gasteiger partial charge in [-0.2, -0.15) is 4.74 Å². The van der Waals surface area contributed by atoms with Crippen LogP contribution in [0.4, 0.5) is 5.82 Å². The second kappa shape index (κ2) is 4.90. The molecule has 9 nitrogen and oxygen atoms in total. The van der Waals surface area contributed by atoms with Gasteiger partial charge in [-0.05, 0) is 28.0 Å². The number of hydrogen-bond donors (Lipinski definition) is 1. The summed E-state index contributed by atoms with van der Waals surface area (Å²) in [4.78, 5) is 25.0. The number of rotatable bonds is 1. The minimum atomic E-state index is -0.554. The van der Waals surface area contributed by atoms with Gasteiger partial charge in [-0.1, -0.05) is 6.07 Å². The summed E-state index contributed by atoms with van der Waals surface area (Å²) >= 11 is 0. The number of Topliss-reactive ketones (excluding diaryl/α,β-unsaturated/α-hetero) is 1. The fourth-order valence-corrected chi connectivity index (χ4v) is 3.49. The van der Waals surface area contributed by atoms with Gasteiger partial charge >= 0.3 is 5.63 Å². The van der Waals surface area contributed by atoms with Crippen molar-refractivity contribution in [1.82, 2.24) is 15.1 Å². The molecule has 1 atom stereocenters. The Morgan fingerprint density at radius 1 is 1.20 bits per heavy atom. The van der Waals surface area contributed by atoms with Crippen LogP contribution >= 0.6 is 0 Å². The predicted octanol–water partition coefficient (Wildman–Crippen LogP) is 0.925. The number of ether oxygens (including phenoxy) is 1. The van der Waals surface area contributed by atoms with Gasteiger partial charge < -0.3 is 14.6 Å². The van der Waals surface area contributed by atoms with Gasteiger partial charge in [-0.25, -0.2) is 9.42 Å². The van der Waals surface area contributed by atoms with Crippen LogP contribution in [0.5, 0.6) is 0 Å². The molecular formula is C16H12N4O5. The molecule has 9 heteroatoms. The van der Waals surface area contributed by atoms with Crippen molar-refractivity contribution in [2.75, 3.05) is 18.5 Å². The monoisotopic (exact) mass is 340 g/mol. The third-order valence-corrected chi connectivity index (χ3v) is 4.57. The maximum Gasteiger partial charge on any atom is 0.363 e. The van der Waals surface area contributed by atoms with Crippen LogP contribution in [0, 0.1) is 0 Å². The van der Waals surface area contributed by atoms with E-state index in [0.29, 0.717) is 33.7 Å². The molecule has 126 valence electrons. The van der Waals surface area contributed by atoms with Gasteiger partial charge in [0.2, 0.25) is 0 Å². The zero-order valence-electron chi connectivity index (χ0n) is 13.1. The molecular weight excluding hydrogens is 328 g/mol. The van der Waals surface area contributed by atoms with Crippen LogP contribution in [0.2, 0.25) is 0 Å². The fourth-order valence-electron chi connectivity index (χ4n) is 3.49. The van der Waals surface area contributed by atoms with Gasteiger partial charge in [0.15, 0.2) is 11.6 Å². The van der Waals surface area contributed by atoms with Gasteiger partial charge in [-0.3, -0.25) is 4.79 Å². The van der Waals surface area contributed by atoms with E-state index in [2.05, 4.69) is 15.6 Å². The summed E-state index contributed by atoms with van der Waals surface area (Å²) in [6.07, 6.45) is 0. The number of hydrogen-bond acceptors (Lipinski definition) is 8. The lowest BCUT2D eigenvalue weighted by Crippen LogP contribution is -2.34. The second-order valence-electron chi connectivity index (χ2n) is 6.02. The highest BCUT2D eigenvalue weighted by Gasteiger charge is 2.40. The van der Waals surface area contributed by atoms with Crippen LogP contribution in [0.1, 0.15) is 17.0 Å². The lowest BCUT2D eigenvalue weighted by atomic mass is 9.80. The molecule has 4 heterocycles. The Labute approximate surface area is 139 Å². The molecule has 0 spiro atoms. The third-order valence-electron chi connectivity index (χ3n) is 4.57. The van der Waals surface area contributed by atoms with Crippen molar-refractivity contribution in [3.05, 3.63) is 51.0 Å². The van der Waals surface area contributed by atoms with Crippen molar-refractivity contribution >= 4 is 22.6 Å². The highest BCUT2D eigenvalue weighted by Crippen LogP contribution is 2.42. The quantitative estimate of drug-likeness (QED) is 0.696. The van der Waals surface area contributed by atoms with E-state index in [-0.39, 0.29) is 19.0 Å². The predicted molar refractivity (Wildman–Crippen MR) is 84.1 cm³/mol. The number of ketones is 1. The van der Waals surface area contributed by atoms with E-state index in [4.69, 9.17) is 13.9 Å². The van der Waals surface area contributed by atoms with E-state index in [9.17, 15) is 9.59 Å². The summed E-state index contributed by atoms with van der Waals surface area (Å²) in [5.41, 5.74) is 2.97. The molecule has 0 bridgehead atoms. The number of fused-ring (bicyclic) bond motifs is 2. The standard InChI is InChI=1S/C16H12N4O5/c1-20-15-14(16(22)24-20)12(13-10(17-15)5-23-6-11(13)21)7-2-3-8-9(4-7)19-25-18-8/h2-4,12,17H,5-6H2,1H3. The average molecular weight is 340 g/mol. The molecule has 0 saturated heterocycles. The first kappa shape index (κ1) is 14.2. The summed E-state index contributed by atoms with van der Waals surface area (Å²) in [6, 6.07) is 5.33. The molecule has 0 radical (unpaired) electrons. The zero-order chi connectivity index (χ0) is 17.1. The largest absolute Gasteiger partial charge is 0.367 e. The van der Waals surface area contributed by atoms with Gasteiger partial charge in [0.1, 0.15) is 17.6 Å². The number of nitrogens with one attached hydrogen (secondary N) is 1. The van der Waals surface area contributed by atoms with Gasteiger partial charge in [0, 0.05) is 12.6 Å². The lowest BCUT2D eigenvalue weighted by molar-refractivity contribution is -0.121. The number of carbonyl (C=O) groups is 1. The first-order valence-electron chi connectivity index (χ1n) is 7.67. The molecule has 1 aromatic carbocycles. The second-order valence-corrected chi connectivity index (χ2v) is 6.02. The van der Waals surface area contributed by atoms with Crippen molar-refractivity contribution < 1.29 is 18.7 Å². The molecule has 0 fully saturated rings. The van der Waals surface area contributed by atoms with E-state index in [1.807, 2.05) is 6.07 Å². The Bertz CT molecular complexity index is 1120. The summed E-state index contributed by atoms with van der Waals surface area (Å²) < 4.78 is 16.6. The van der Waals surface area contributed by atoms with Crippen molar-refractivity contribution in [3.8, 4) is 0 Å². The topological polar surface area (TPSA) is 112 Å². The van der Waals surface area contributed by atoms with Crippen LogP contribution in [0.3, 0.4) is 0 Å². The number of nitrogens with zero attached hydrogens (tertiary/aromatic N) is 3. The smallest absolute Gasteiger partial charge is 0.363 e. The molecule has 1 N–H and O–H groups in total. The number of anilines is 1. The minimum Gasteiger partial charge on any atom is -0.367 e. The van der Waals surface area contributed by atoms with Crippen LogP contribution in [-0.2, 0) is 16.6 Å². The van der Waals surface area contributed by atoms with Crippen molar-refractivity contribution in [1.29, 1.82) is 0 Å². The Morgan fingerprint density at radius 2 is 2.04 bits per heavy atom. The molecule has 2 aliphatic heterocycles. The van der Waals surface area contributed by atoms with Crippen LogP contribution < -0.4 is 10.9 Å². The molecule has 25 heavy (non-hydrogen) atoms. The molecule has 2 aliphatic rings. The van der Waals surface area contributed by atoms with Crippen molar-refractivity contribution in [3.63, 3.8) is 0 Å². The van der Waals surface area contributed by atoms with E-state index in [1.54, 1.807) is 19.2 Å².